The summed E-state index contributed by atoms with van der Waals surface area (Å²) in [6, 6.07) is 3.07. The molecule has 4 heterocycles. The van der Waals surface area contributed by atoms with E-state index in [1.54, 1.807) is 6.07 Å². The van der Waals surface area contributed by atoms with Crippen molar-refractivity contribution in [1.82, 2.24) is 14.9 Å². The van der Waals surface area contributed by atoms with Crippen LogP contribution in [0.4, 0.5) is 14.6 Å². The highest BCUT2D eigenvalue weighted by Crippen LogP contribution is 2.34. The molecular weight excluding hydrogens is 474 g/mol. The molecule has 0 spiro atoms. The van der Waals surface area contributed by atoms with E-state index in [1.165, 1.54) is 23.2 Å². The molecule has 0 bridgehead atoms. The fourth-order valence-corrected chi connectivity index (χ4v) is 4.50. The molecule has 0 saturated carbocycles. The van der Waals surface area contributed by atoms with Crippen molar-refractivity contribution in [2.75, 3.05) is 25.5 Å². The van der Waals surface area contributed by atoms with Crippen molar-refractivity contribution in [3.8, 4) is 0 Å². The highest BCUT2D eigenvalue weighted by Gasteiger charge is 2.34. The Bertz CT molecular complexity index is 1200. The zero-order valence-corrected chi connectivity index (χ0v) is 17.8. The summed E-state index contributed by atoms with van der Waals surface area (Å²) in [4.78, 5) is 23.3. The third kappa shape index (κ3) is 3.44. The van der Waals surface area contributed by atoms with E-state index >= 15 is 0 Å². The van der Waals surface area contributed by atoms with Crippen LogP contribution < -0.4 is 5.73 Å². The van der Waals surface area contributed by atoms with Gasteiger partial charge in [-0.3, -0.25) is 4.79 Å². The molecule has 5 rings (SSSR count). The summed E-state index contributed by atoms with van der Waals surface area (Å²) in [5.41, 5.74) is 8.18. The number of anilines is 1. The molecule has 2 aliphatic heterocycles. The number of carbonyl (C=O) groups is 1. The quantitative estimate of drug-likeness (QED) is 0.591. The molecule has 160 valence electrons. The van der Waals surface area contributed by atoms with Crippen LogP contribution in [0.3, 0.4) is 0 Å². The number of hydrogen-bond acceptors (Lipinski definition) is 6. The maximum absolute atomic E-state index is 14.6. The number of aromatic nitrogens is 2. The number of rotatable bonds is 2. The van der Waals surface area contributed by atoms with Gasteiger partial charge >= 0.3 is 0 Å². The third-order valence-corrected chi connectivity index (χ3v) is 6.06. The molecule has 31 heavy (non-hydrogen) atoms. The molecule has 7 nitrogen and oxygen atoms in total. The van der Waals surface area contributed by atoms with E-state index < -0.39 is 23.6 Å². The molecule has 1 amide bonds. The summed E-state index contributed by atoms with van der Waals surface area (Å²) in [5.74, 6) is -1.56. The molecule has 1 saturated heterocycles. The molecule has 1 fully saturated rings. The van der Waals surface area contributed by atoms with E-state index in [0.717, 1.165) is 16.5 Å². The molecule has 3 aromatic rings. The highest BCUT2D eigenvalue weighted by atomic mass is 79.9. The Morgan fingerprint density at radius 3 is 2.68 bits per heavy atom. The van der Waals surface area contributed by atoms with Gasteiger partial charge in [0.15, 0.2) is 0 Å². The van der Waals surface area contributed by atoms with Crippen molar-refractivity contribution in [2.45, 2.75) is 19.3 Å². The second-order valence-corrected chi connectivity index (χ2v) is 8.32. The normalized spacial score (nSPS) is 18.4. The molecule has 1 atom stereocenters. The van der Waals surface area contributed by atoms with Crippen molar-refractivity contribution in [3.05, 3.63) is 62.9 Å². The van der Waals surface area contributed by atoms with Gasteiger partial charge in [0.2, 0.25) is 0 Å². The topological polar surface area (TPSA) is 90.6 Å². The molecule has 2 aliphatic rings. The number of nitrogens with two attached hydrogens (primary N) is 1. The van der Waals surface area contributed by atoms with E-state index in [4.69, 9.17) is 15.2 Å². The zero-order chi connectivity index (χ0) is 21.7. The molecule has 0 radical (unpaired) electrons. The van der Waals surface area contributed by atoms with Gasteiger partial charge in [-0.25, -0.2) is 18.7 Å². The predicted molar refractivity (Wildman–Crippen MR) is 111 cm³/mol. The number of halogens is 3. The Hall–Kier alpha value is -2.69. The number of pyridine rings is 2. The lowest BCUT2D eigenvalue weighted by molar-refractivity contribution is -0.00494. The summed E-state index contributed by atoms with van der Waals surface area (Å²) in [6.45, 7) is 1.15. The zero-order valence-electron chi connectivity index (χ0n) is 16.2. The first-order valence-corrected chi connectivity index (χ1v) is 10.4. The standard InChI is InChI=1S/C21H17BrF2N4O3/c22-10-3-14(23)19(15(24)4-10)18-9-30-2-1-28(18)21(29)16-5-11-12-7-31-8-13(12)20(25)27-17(11)6-26-16/h3-6,18H,1-2,7-9H2,(H2,25,27)/t18-/m1/s1. The Morgan fingerprint density at radius 2 is 1.90 bits per heavy atom. The molecule has 10 heteroatoms. The van der Waals surface area contributed by atoms with Crippen LogP contribution in [0.25, 0.3) is 10.9 Å². The minimum atomic E-state index is -0.912. The van der Waals surface area contributed by atoms with Gasteiger partial charge in [-0.1, -0.05) is 15.9 Å². The Kier molecular flexibility index (Phi) is 5.07. The van der Waals surface area contributed by atoms with Gasteiger partial charge in [0.1, 0.15) is 23.1 Å². The second-order valence-electron chi connectivity index (χ2n) is 7.41. The molecular formula is C21H17BrF2N4O3. The average Bonchev–Trinajstić information content (AvgIpc) is 3.24. The van der Waals surface area contributed by atoms with E-state index in [-0.39, 0.29) is 35.5 Å². The Balaban J connectivity index is 1.56. The number of amides is 1. The van der Waals surface area contributed by atoms with E-state index in [0.29, 0.717) is 24.5 Å². The highest BCUT2D eigenvalue weighted by molar-refractivity contribution is 9.10. The smallest absolute Gasteiger partial charge is 0.273 e. The molecule has 1 aromatic carbocycles. The first kappa shape index (κ1) is 20.2. The van der Waals surface area contributed by atoms with Crippen molar-refractivity contribution < 1.29 is 23.0 Å². The first-order chi connectivity index (χ1) is 14.9. The number of nitrogens with zero attached hydrogens (tertiary/aromatic N) is 3. The maximum Gasteiger partial charge on any atom is 0.273 e. The Morgan fingerprint density at radius 1 is 1.16 bits per heavy atom. The minimum Gasteiger partial charge on any atom is -0.383 e. The van der Waals surface area contributed by atoms with Crippen LogP contribution in [0.5, 0.6) is 0 Å². The van der Waals surface area contributed by atoms with Crippen LogP contribution in [0.1, 0.15) is 33.2 Å². The summed E-state index contributed by atoms with van der Waals surface area (Å²) >= 11 is 3.08. The Labute approximate surface area is 184 Å². The van der Waals surface area contributed by atoms with Gasteiger partial charge in [0.25, 0.3) is 5.91 Å². The van der Waals surface area contributed by atoms with Crippen molar-refractivity contribution in [1.29, 1.82) is 0 Å². The number of carbonyl (C=O) groups excluding carboxylic acids is 1. The van der Waals surface area contributed by atoms with Crippen LogP contribution in [-0.4, -0.2) is 40.5 Å². The predicted octanol–water partition coefficient (Wildman–Crippen LogP) is 3.50. The van der Waals surface area contributed by atoms with Gasteiger partial charge in [-0.05, 0) is 23.8 Å². The summed E-state index contributed by atoms with van der Waals surface area (Å²) < 4.78 is 40.4. The fourth-order valence-electron chi connectivity index (χ4n) is 4.10. The van der Waals surface area contributed by atoms with Crippen LogP contribution in [0, 0.1) is 11.6 Å². The van der Waals surface area contributed by atoms with Gasteiger partial charge in [0, 0.05) is 27.5 Å². The number of morpholine rings is 1. The fraction of sp³-hybridized carbons (Fsp3) is 0.286. The molecule has 0 aliphatic carbocycles. The van der Waals surface area contributed by atoms with Gasteiger partial charge in [0.05, 0.1) is 44.2 Å². The second kappa shape index (κ2) is 7.77. The van der Waals surface area contributed by atoms with E-state index in [9.17, 15) is 13.6 Å². The molecule has 0 unspecified atom stereocenters. The first-order valence-electron chi connectivity index (χ1n) is 9.62. The number of benzene rings is 1. The van der Waals surface area contributed by atoms with Crippen molar-refractivity contribution in [3.63, 3.8) is 0 Å². The van der Waals surface area contributed by atoms with E-state index in [1.807, 2.05) is 0 Å². The van der Waals surface area contributed by atoms with Gasteiger partial charge in [-0.2, -0.15) is 0 Å². The van der Waals surface area contributed by atoms with Crippen LogP contribution in [-0.2, 0) is 22.7 Å². The van der Waals surface area contributed by atoms with E-state index in [2.05, 4.69) is 25.9 Å². The lowest BCUT2D eigenvalue weighted by atomic mass is 10.0. The SMILES string of the molecule is Nc1nc2cnc(C(=O)N3CCOC[C@@H]3c3c(F)cc(Br)cc3F)cc2c2c1COC2. The number of ether oxygens (including phenoxy) is 2. The number of nitrogen functional groups attached to an aromatic ring is 1. The number of hydrogen-bond donors (Lipinski definition) is 1. The van der Waals surface area contributed by atoms with Gasteiger partial charge < -0.3 is 20.1 Å². The third-order valence-electron chi connectivity index (χ3n) is 5.60. The summed E-state index contributed by atoms with van der Waals surface area (Å²) in [5, 5.41) is 0.728. The molecule has 2 N–H and O–H groups in total. The van der Waals surface area contributed by atoms with Crippen LogP contribution >= 0.6 is 15.9 Å². The van der Waals surface area contributed by atoms with Crippen molar-refractivity contribution in [2.24, 2.45) is 0 Å². The molecule has 2 aromatic heterocycles. The summed E-state index contributed by atoms with van der Waals surface area (Å²) in [6.07, 6.45) is 1.48. The monoisotopic (exact) mass is 490 g/mol. The lowest BCUT2D eigenvalue weighted by Gasteiger charge is -2.36. The number of fused-ring (bicyclic) bond motifs is 3. The maximum atomic E-state index is 14.6. The van der Waals surface area contributed by atoms with Crippen LogP contribution in [0.2, 0.25) is 0 Å². The largest absolute Gasteiger partial charge is 0.383 e. The average molecular weight is 491 g/mol. The lowest BCUT2D eigenvalue weighted by Crippen LogP contribution is -2.44. The van der Waals surface area contributed by atoms with Gasteiger partial charge in [-0.15, -0.1) is 0 Å². The van der Waals surface area contributed by atoms with Crippen molar-refractivity contribution >= 4 is 38.6 Å². The van der Waals surface area contributed by atoms with Crippen LogP contribution in [0.15, 0.2) is 28.9 Å². The minimum absolute atomic E-state index is 0.0177. The summed E-state index contributed by atoms with van der Waals surface area (Å²) in [7, 11) is 0.